The first-order valence-corrected chi connectivity index (χ1v) is 7.40. The van der Waals surface area contributed by atoms with Gasteiger partial charge in [-0.3, -0.25) is 0 Å². The lowest BCUT2D eigenvalue weighted by Gasteiger charge is -2.32. The third-order valence-electron chi connectivity index (χ3n) is 3.80. The van der Waals surface area contributed by atoms with Crippen LogP contribution in [0.1, 0.15) is 39.0 Å². The molecule has 2 rings (SSSR count). The summed E-state index contributed by atoms with van der Waals surface area (Å²) in [6.07, 6.45) is 6.18. The van der Waals surface area contributed by atoms with Gasteiger partial charge in [0, 0.05) is 18.8 Å². The molecule has 1 aliphatic rings. The number of amides is 2. The fourth-order valence-corrected chi connectivity index (χ4v) is 2.70. The van der Waals surface area contributed by atoms with E-state index in [0.29, 0.717) is 5.92 Å². The van der Waals surface area contributed by atoms with E-state index in [-0.39, 0.29) is 6.03 Å². The van der Waals surface area contributed by atoms with Crippen molar-refractivity contribution in [2.75, 3.05) is 18.4 Å². The van der Waals surface area contributed by atoms with E-state index in [0.717, 1.165) is 25.2 Å². The highest BCUT2D eigenvalue weighted by atomic mass is 16.2. The van der Waals surface area contributed by atoms with Gasteiger partial charge >= 0.3 is 6.03 Å². The maximum Gasteiger partial charge on any atom is 0.321 e. The Kier molecular flexibility index (Phi) is 5.25. The maximum absolute atomic E-state index is 12.2. The predicted octanol–water partition coefficient (Wildman–Crippen LogP) is 4.12. The fraction of sp³-hybridized carbons (Fsp3) is 0.562. The SMILES string of the molecule is CCCCC1CCCN(C(=O)Nc2ccccc2)C1. The summed E-state index contributed by atoms with van der Waals surface area (Å²) in [5.74, 6) is 0.690. The van der Waals surface area contributed by atoms with Gasteiger partial charge < -0.3 is 10.2 Å². The number of hydrogen-bond donors (Lipinski definition) is 1. The molecule has 1 aliphatic heterocycles. The second-order valence-corrected chi connectivity index (χ2v) is 5.39. The summed E-state index contributed by atoms with van der Waals surface area (Å²) in [4.78, 5) is 14.2. The average Bonchev–Trinajstić information content (AvgIpc) is 2.46. The van der Waals surface area contributed by atoms with E-state index in [9.17, 15) is 4.79 Å². The molecule has 1 aromatic carbocycles. The highest BCUT2D eigenvalue weighted by Gasteiger charge is 2.23. The number of benzene rings is 1. The number of nitrogens with zero attached hydrogens (tertiary/aromatic N) is 1. The molecule has 0 spiro atoms. The molecule has 1 aromatic rings. The van der Waals surface area contributed by atoms with Gasteiger partial charge in [0.25, 0.3) is 0 Å². The zero-order valence-corrected chi connectivity index (χ0v) is 11.8. The Morgan fingerprint density at radius 2 is 2.16 bits per heavy atom. The quantitative estimate of drug-likeness (QED) is 0.867. The minimum Gasteiger partial charge on any atom is -0.324 e. The van der Waals surface area contributed by atoms with E-state index < -0.39 is 0 Å². The van der Waals surface area contributed by atoms with Crippen LogP contribution in [0.5, 0.6) is 0 Å². The molecule has 1 atom stereocenters. The van der Waals surface area contributed by atoms with Crippen molar-refractivity contribution in [1.82, 2.24) is 4.90 Å². The van der Waals surface area contributed by atoms with Crippen molar-refractivity contribution in [2.45, 2.75) is 39.0 Å². The van der Waals surface area contributed by atoms with E-state index >= 15 is 0 Å². The number of piperidine rings is 1. The molecular formula is C16H24N2O. The van der Waals surface area contributed by atoms with E-state index in [1.807, 2.05) is 35.2 Å². The fourth-order valence-electron chi connectivity index (χ4n) is 2.70. The number of rotatable bonds is 4. The van der Waals surface area contributed by atoms with Crippen LogP contribution in [0.4, 0.5) is 10.5 Å². The molecule has 0 aliphatic carbocycles. The zero-order chi connectivity index (χ0) is 13.5. The summed E-state index contributed by atoms with van der Waals surface area (Å²) in [5.41, 5.74) is 0.878. The average molecular weight is 260 g/mol. The van der Waals surface area contributed by atoms with Gasteiger partial charge in [0.05, 0.1) is 0 Å². The first-order valence-electron chi connectivity index (χ1n) is 7.40. The number of carbonyl (C=O) groups is 1. The number of anilines is 1. The first-order chi connectivity index (χ1) is 9.29. The third kappa shape index (κ3) is 4.27. The molecule has 3 nitrogen and oxygen atoms in total. The van der Waals surface area contributed by atoms with Gasteiger partial charge in [-0.2, -0.15) is 0 Å². The molecule has 19 heavy (non-hydrogen) atoms. The lowest BCUT2D eigenvalue weighted by Crippen LogP contribution is -2.42. The Labute approximate surface area is 116 Å². The summed E-state index contributed by atoms with van der Waals surface area (Å²) in [5, 5.41) is 2.98. The first kappa shape index (κ1) is 13.9. The van der Waals surface area contributed by atoms with Crippen LogP contribution in [0.25, 0.3) is 0 Å². The van der Waals surface area contributed by atoms with Gasteiger partial charge in [-0.05, 0) is 37.3 Å². The molecule has 0 saturated carbocycles. The molecule has 2 amide bonds. The molecule has 1 N–H and O–H groups in total. The number of para-hydroxylation sites is 1. The van der Waals surface area contributed by atoms with Crippen molar-refractivity contribution in [2.24, 2.45) is 5.92 Å². The van der Waals surface area contributed by atoms with Gasteiger partial charge in [-0.25, -0.2) is 4.79 Å². The van der Waals surface area contributed by atoms with Crippen LogP contribution >= 0.6 is 0 Å². The van der Waals surface area contributed by atoms with Crippen molar-refractivity contribution in [3.63, 3.8) is 0 Å². The molecule has 1 fully saturated rings. The zero-order valence-electron chi connectivity index (χ0n) is 11.8. The Balaban J connectivity index is 1.85. The van der Waals surface area contributed by atoms with Crippen LogP contribution in [0.15, 0.2) is 30.3 Å². The number of likely N-dealkylation sites (tertiary alicyclic amines) is 1. The van der Waals surface area contributed by atoms with Gasteiger partial charge in [0.2, 0.25) is 0 Å². The second-order valence-electron chi connectivity index (χ2n) is 5.39. The third-order valence-corrected chi connectivity index (χ3v) is 3.80. The van der Waals surface area contributed by atoms with Crippen LogP contribution < -0.4 is 5.32 Å². The Morgan fingerprint density at radius 3 is 2.89 bits per heavy atom. The van der Waals surface area contributed by atoms with Crippen molar-refractivity contribution >= 4 is 11.7 Å². The van der Waals surface area contributed by atoms with E-state index in [2.05, 4.69) is 12.2 Å². The summed E-state index contributed by atoms with van der Waals surface area (Å²) in [6, 6.07) is 9.74. The highest BCUT2D eigenvalue weighted by molar-refractivity contribution is 5.89. The van der Waals surface area contributed by atoms with Crippen molar-refractivity contribution in [1.29, 1.82) is 0 Å². The van der Waals surface area contributed by atoms with E-state index in [1.165, 1.54) is 25.7 Å². The molecule has 0 radical (unpaired) electrons. The van der Waals surface area contributed by atoms with Crippen molar-refractivity contribution in [3.05, 3.63) is 30.3 Å². The summed E-state index contributed by atoms with van der Waals surface area (Å²) in [7, 11) is 0. The molecule has 1 heterocycles. The molecular weight excluding hydrogens is 236 g/mol. The number of unbranched alkanes of at least 4 members (excludes halogenated alkanes) is 1. The normalized spacial score (nSPS) is 19.2. The highest BCUT2D eigenvalue weighted by Crippen LogP contribution is 2.22. The monoisotopic (exact) mass is 260 g/mol. The number of carbonyl (C=O) groups excluding carboxylic acids is 1. The van der Waals surface area contributed by atoms with Crippen molar-refractivity contribution in [3.8, 4) is 0 Å². The van der Waals surface area contributed by atoms with E-state index in [1.54, 1.807) is 0 Å². The number of urea groups is 1. The minimum atomic E-state index is 0.0485. The minimum absolute atomic E-state index is 0.0485. The topological polar surface area (TPSA) is 32.3 Å². The molecule has 3 heteroatoms. The van der Waals surface area contributed by atoms with Crippen LogP contribution in [-0.4, -0.2) is 24.0 Å². The van der Waals surface area contributed by atoms with Gasteiger partial charge in [0.15, 0.2) is 0 Å². The smallest absolute Gasteiger partial charge is 0.321 e. The van der Waals surface area contributed by atoms with Crippen LogP contribution in [-0.2, 0) is 0 Å². The lowest BCUT2D eigenvalue weighted by molar-refractivity contribution is 0.173. The second kappa shape index (κ2) is 7.17. The van der Waals surface area contributed by atoms with Gasteiger partial charge in [0.1, 0.15) is 0 Å². The largest absolute Gasteiger partial charge is 0.324 e. The standard InChI is InChI=1S/C16H24N2O/c1-2-3-8-14-9-7-12-18(13-14)16(19)17-15-10-5-4-6-11-15/h4-6,10-11,14H,2-3,7-9,12-13H2,1H3,(H,17,19). The molecule has 104 valence electrons. The molecule has 1 saturated heterocycles. The predicted molar refractivity (Wildman–Crippen MR) is 79.3 cm³/mol. The van der Waals surface area contributed by atoms with Gasteiger partial charge in [-0.1, -0.05) is 38.0 Å². The summed E-state index contributed by atoms with van der Waals surface area (Å²) < 4.78 is 0. The van der Waals surface area contributed by atoms with Crippen molar-refractivity contribution < 1.29 is 4.79 Å². The lowest BCUT2D eigenvalue weighted by atomic mass is 9.93. The maximum atomic E-state index is 12.2. The Bertz CT molecular complexity index is 391. The molecule has 0 aromatic heterocycles. The van der Waals surface area contributed by atoms with Gasteiger partial charge in [-0.15, -0.1) is 0 Å². The Hall–Kier alpha value is -1.51. The van der Waals surface area contributed by atoms with E-state index in [4.69, 9.17) is 0 Å². The number of hydrogen-bond acceptors (Lipinski definition) is 1. The molecule has 0 bridgehead atoms. The summed E-state index contributed by atoms with van der Waals surface area (Å²) in [6.45, 7) is 4.03. The van der Waals surface area contributed by atoms with Crippen LogP contribution in [0, 0.1) is 5.92 Å². The van der Waals surface area contributed by atoms with Crippen LogP contribution in [0.3, 0.4) is 0 Å². The Morgan fingerprint density at radius 1 is 1.37 bits per heavy atom. The summed E-state index contributed by atoms with van der Waals surface area (Å²) >= 11 is 0. The number of nitrogens with one attached hydrogen (secondary N) is 1. The molecule has 1 unspecified atom stereocenters. The van der Waals surface area contributed by atoms with Crippen LogP contribution in [0.2, 0.25) is 0 Å².